The molecule has 152 valence electrons. The van der Waals surface area contributed by atoms with Gasteiger partial charge in [-0.05, 0) is 55.0 Å². The van der Waals surface area contributed by atoms with Gasteiger partial charge in [-0.2, -0.15) is 0 Å². The molecule has 0 heterocycles. The molecule has 8 heteroatoms. The van der Waals surface area contributed by atoms with E-state index in [1.807, 2.05) is 6.92 Å². The van der Waals surface area contributed by atoms with Crippen LogP contribution in [0.1, 0.15) is 57.3 Å². The summed E-state index contributed by atoms with van der Waals surface area (Å²) in [5, 5.41) is 2.76. The van der Waals surface area contributed by atoms with Crippen molar-refractivity contribution >= 4 is 29.4 Å². The zero-order valence-corrected chi connectivity index (χ0v) is 16.3. The number of unbranched alkanes of at least 4 members (excludes halogenated alkanes) is 1. The first-order chi connectivity index (χ1) is 13.9. The Balaban J connectivity index is 1.87. The molecule has 0 radical (unpaired) electrons. The number of methoxy groups -OCH3 is 1. The maximum atomic E-state index is 12.2. The van der Waals surface area contributed by atoms with Gasteiger partial charge in [-0.3, -0.25) is 25.2 Å². The van der Waals surface area contributed by atoms with Gasteiger partial charge in [-0.25, -0.2) is 4.79 Å². The van der Waals surface area contributed by atoms with Crippen LogP contribution in [0.5, 0.6) is 0 Å². The molecule has 8 nitrogen and oxygen atoms in total. The molecule has 0 fully saturated rings. The second kappa shape index (κ2) is 10.6. The summed E-state index contributed by atoms with van der Waals surface area (Å²) in [7, 11) is 1.27. The molecule has 0 aromatic heterocycles. The molecular weight excluding hydrogens is 374 g/mol. The largest absolute Gasteiger partial charge is 0.465 e. The predicted octanol–water partition coefficient (Wildman–Crippen LogP) is 2.68. The average molecular weight is 397 g/mol. The molecule has 0 aliphatic rings. The minimum absolute atomic E-state index is 0.0745. The zero-order valence-electron chi connectivity index (χ0n) is 16.3. The second-order valence-corrected chi connectivity index (χ2v) is 6.21. The van der Waals surface area contributed by atoms with Crippen LogP contribution in [-0.4, -0.2) is 30.8 Å². The van der Waals surface area contributed by atoms with Crippen molar-refractivity contribution in [2.24, 2.45) is 0 Å². The second-order valence-electron chi connectivity index (χ2n) is 6.21. The Kier molecular flexibility index (Phi) is 7.90. The lowest BCUT2D eigenvalue weighted by molar-refractivity contribution is -0.116. The zero-order chi connectivity index (χ0) is 21.2. The van der Waals surface area contributed by atoms with Gasteiger partial charge in [0.25, 0.3) is 11.8 Å². The lowest BCUT2D eigenvalue weighted by Crippen LogP contribution is -2.41. The Morgan fingerprint density at radius 3 is 1.76 bits per heavy atom. The number of amides is 3. The number of hydrazine groups is 1. The number of hydrogen-bond donors (Lipinski definition) is 3. The Labute approximate surface area is 168 Å². The molecule has 0 aliphatic heterocycles. The molecule has 3 N–H and O–H groups in total. The van der Waals surface area contributed by atoms with Gasteiger partial charge < -0.3 is 10.1 Å². The van der Waals surface area contributed by atoms with Gasteiger partial charge in [0.15, 0.2) is 0 Å². The Hall–Kier alpha value is -3.68. The van der Waals surface area contributed by atoms with E-state index in [-0.39, 0.29) is 11.5 Å². The van der Waals surface area contributed by atoms with Crippen LogP contribution in [0.3, 0.4) is 0 Å². The highest BCUT2D eigenvalue weighted by molar-refractivity contribution is 6.00. The summed E-state index contributed by atoms with van der Waals surface area (Å²) in [6.45, 7) is 2.01. The normalized spacial score (nSPS) is 10.0. The van der Waals surface area contributed by atoms with Crippen molar-refractivity contribution in [1.82, 2.24) is 10.9 Å². The maximum Gasteiger partial charge on any atom is 0.337 e. The van der Waals surface area contributed by atoms with Gasteiger partial charge in [-0.1, -0.05) is 13.3 Å². The van der Waals surface area contributed by atoms with E-state index >= 15 is 0 Å². The molecule has 2 rings (SSSR count). The van der Waals surface area contributed by atoms with E-state index < -0.39 is 17.8 Å². The summed E-state index contributed by atoms with van der Waals surface area (Å²) in [5.74, 6) is -1.62. The lowest BCUT2D eigenvalue weighted by atomic mass is 10.1. The van der Waals surface area contributed by atoms with Crippen molar-refractivity contribution in [2.45, 2.75) is 26.2 Å². The number of esters is 1. The van der Waals surface area contributed by atoms with E-state index in [1.165, 1.54) is 31.4 Å². The number of carbonyl (C=O) groups is 4. The minimum atomic E-state index is -0.533. The Bertz CT molecular complexity index is 876. The van der Waals surface area contributed by atoms with E-state index in [0.29, 0.717) is 23.2 Å². The third kappa shape index (κ3) is 6.46. The summed E-state index contributed by atoms with van der Waals surface area (Å²) in [4.78, 5) is 47.4. The van der Waals surface area contributed by atoms with Crippen molar-refractivity contribution in [3.05, 3.63) is 65.2 Å². The highest BCUT2D eigenvalue weighted by Crippen LogP contribution is 2.11. The SMILES string of the molecule is CCCCC(=O)Nc1ccc(C(=O)NNC(=O)c2ccc(C(=O)OC)cc2)cc1. The van der Waals surface area contributed by atoms with Crippen molar-refractivity contribution in [3.63, 3.8) is 0 Å². The number of carbonyl (C=O) groups excluding carboxylic acids is 4. The molecule has 29 heavy (non-hydrogen) atoms. The first-order valence-corrected chi connectivity index (χ1v) is 9.13. The quantitative estimate of drug-likeness (QED) is 0.491. The van der Waals surface area contributed by atoms with Gasteiger partial charge in [0, 0.05) is 23.2 Å². The fraction of sp³-hybridized carbons (Fsp3) is 0.238. The molecule has 0 saturated carbocycles. The van der Waals surface area contributed by atoms with Crippen LogP contribution in [-0.2, 0) is 9.53 Å². The van der Waals surface area contributed by atoms with E-state index in [1.54, 1.807) is 24.3 Å². The van der Waals surface area contributed by atoms with Gasteiger partial charge in [0.1, 0.15) is 0 Å². The molecule has 0 aliphatic carbocycles. The topological polar surface area (TPSA) is 114 Å². The fourth-order valence-electron chi connectivity index (χ4n) is 2.40. The summed E-state index contributed by atoms with van der Waals surface area (Å²) < 4.78 is 4.59. The minimum Gasteiger partial charge on any atom is -0.465 e. The monoisotopic (exact) mass is 397 g/mol. The van der Waals surface area contributed by atoms with E-state index in [2.05, 4.69) is 20.9 Å². The van der Waals surface area contributed by atoms with Crippen LogP contribution in [0.15, 0.2) is 48.5 Å². The maximum absolute atomic E-state index is 12.2. The number of rotatable bonds is 7. The average Bonchev–Trinajstić information content (AvgIpc) is 2.75. The van der Waals surface area contributed by atoms with Gasteiger partial charge in [0.05, 0.1) is 12.7 Å². The summed E-state index contributed by atoms with van der Waals surface area (Å²) in [6.07, 6.45) is 2.20. The number of hydrogen-bond acceptors (Lipinski definition) is 5. The van der Waals surface area contributed by atoms with Crippen molar-refractivity contribution in [3.8, 4) is 0 Å². The number of nitrogens with one attached hydrogen (secondary N) is 3. The molecule has 0 saturated heterocycles. The van der Waals surface area contributed by atoms with Crippen LogP contribution in [0, 0.1) is 0 Å². The van der Waals surface area contributed by atoms with Crippen LogP contribution in [0.25, 0.3) is 0 Å². The van der Waals surface area contributed by atoms with E-state index in [0.717, 1.165) is 12.8 Å². The molecule has 3 amide bonds. The molecule has 0 unspecified atom stereocenters. The van der Waals surface area contributed by atoms with Crippen molar-refractivity contribution < 1.29 is 23.9 Å². The fourth-order valence-corrected chi connectivity index (χ4v) is 2.40. The molecule has 2 aromatic carbocycles. The van der Waals surface area contributed by atoms with Crippen molar-refractivity contribution in [2.75, 3.05) is 12.4 Å². The Morgan fingerprint density at radius 2 is 1.28 bits per heavy atom. The van der Waals surface area contributed by atoms with Crippen LogP contribution in [0.2, 0.25) is 0 Å². The molecule has 0 bridgehead atoms. The predicted molar refractivity (Wildman–Crippen MR) is 107 cm³/mol. The third-order valence-electron chi connectivity index (χ3n) is 4.05. The number of anilines is 1. The van der Waals surface area contributed by atoms with Gasteiger partial charge >= 0.3 is 5.97 Å². The molecule has 0 spiro atoms. The Morgan fingerprint density at radius 1 is 0.793 bits per heavy atom. The van der Waals surface area contributed by atoms with Crippen LogP contribution in [0.4, 0.5) is 5.69 Å². The van der Waals surface area contributed by atoms with Crippen LogP contribution < -0.4 is 16.2 Å². The van der Waals surface area contributed by atoms with Crippen LogP contribution >= 0.6 is 0 Å². The summed E-state index contributed by atoms with van der Waals surface area (Å²) in [5.41, 5.74) is 6.12. The first-order valence-electron chi connectivity index (χ1n) is 9.13. The summed E-state index contributed by atoms with van der Waals surface area (Å²) >= 11 is 0. The molecular formula is C21H23N3O5. The van der Waals surface area contributed by atoms with Crippen molar-refractivity contribution in [1.29, 1.82) is 0 Å². The van der Waals surface area contributed by atoms with Gasteiger partial charge in [-0.15, -0.1) is 0 Å². The standard InChI is InChI=1S/C21H23N3O5/c1-3-4-5-18(25)22-17-12-10-15(11-13-17)20(27)24-23-19(26)14-6-8-16(9-7-14)21(28)29-2/h6-13H,3-5H2,1-2H3,(H,22,25)(H,23,26)(H,24,27). The van der Waals surface area contributed by atoms with Gasteiger partial charge in [0.2, 0.25) is 5.91 Å². The highest BCUT2D eigenvalue weighted by Gasteiger charge is 2.11. The number of ether oxygens (including phenoxy) is 1. The molecule has 2 aromatic rings. The third-order valence-corrected chi connectivity index (χ3v) is 4.05. The molecule has 0 atom stereocenters. The smallest absolute Gasteiger partial charge is 0.337 e. The first kappa shape index (κ1) is 21.6. The van der Waals surface area contributed by atoms with E-state index in [9.17, 15) is 19.2 Å². The number of benzene rings is 2. The van der Waals surface area contributed by atoms with E-state index in [4.69, 9.17) is 0 Å². The summed E-state index contributed by atoms with van der Waals surface area (Å²) in [6, 6.07) is 12.1. The highest BCUT2D eigenvalue weighted by atomic mass is 16.5. The lowest BCUT2D eigenvalue weighted by Gasteiger charge is -2.09.